The Morgan fingerprint density at radius 3 is 3.00 bits per heavy atom. The molecular weight excluding hydrogens is 340 g/mol. The molecule has 0 saturated carbocycles. The standard InChI is InChI=1S/C17H22N4O3S/c1-11(2)25-14-8-4-3-6-12(14)19-17(22)18-10-15-20-16(24-21-15)13-7-5-9-23-13/h3-4,6,8,11,13H,5,7,9-10H2,1-2H3,(H2,18,19,22). The van der Waals surface area contributed by atoms with E-state index in [0.717, 1.165) is 30.0 Å². The zero-order chi connectivity index (χ0) is 17.6. The molecule has 1 aliphatic rings. The topological polar surface area (TPSA) is 89.3 Å². The number of anilines is 1. The summed E-state index contributed by atoms with van der Waals surface area (Å²) in [5, 5.41) is 9.93. The highest BCUT2D eigenvalue weighted by Crippen LogP contribution is 2.30. The fourth-order valence-corrected chi connectivity index (χ4v) is 3.41. The van der Waals surface area contributed by atoms with Crippen molar-refractivity contribution in [3.8, 4) is 0 Å². The second kappa shape index (κ2) is 8.35. The molecule has 1 fully saturated rings. The van der Waals surface area contributed by atoms with Gasteiger partial charge in [0.25, 0.3) is 5.89 Å². The number of para-hydroxylation sites is 1. The Morgan fingerprint density at radius 2 is 2.24 bits per heavy atom. The summed E-state index contributed by atoms with van der Waals surface area (Å²) < 4.78 is 10.7. The molecule has 2 N–H and O–H groups in total. The maximum Gasteiger partial charge on any atom is 0.319 e. The number of thioether (sulfide) groups is 1. The van der Waals surface area contributed by atoms with E-state index in [0.29, 0.717) is 17.0 Å². The van der Waals surface area contributed by atoms with Crippen LogP contribution in [-0.4, -0.2) is 28.0 Å². The van der Waals surface area contributed by atoms with Crippen molar-refractivity contribution < 1.29 is 14.1 Å². The summed E-state index contributed by atoms with van der Waals surface area (Å²) in [6.45, 7) is 5.14. The van der Waals surface area contributed by atoms with Crippen LogP contribution in [0.2, 0.25) is 0 Å². The highest BCUT2D eigenvalue weighted by molar-refractivity contribution is 8.00. The van der Waals surface area contributed by atoms with E-state index in [9.17, 15) is 4.79 Å². The Balaban J connectivity index is 1.53. The second-order valence-corrected chi connectivity index (χ2v) is 7.64. The van der Waals surface area contributed by atoms with Crippen LogP contribution >= 0.6 is 11.8 Å². The van der Waals surface area contributed by atoms with Gasteiger partial charge in [0.1, 0.15) is 6.10 Å². The molecule has 1 saturated heterocycles. The van der Waals surface area contributed by atoms with Crippen molar-refractivity contribution >= 4 is 23.5 Å². The average Bonchev–Trinajstić information content (AvgIpc) is 3.25. The first-order chi connectivity index (χ1) is 12.1. The Morgan fingerprint density at radius 1 is 1.40 bits per heavy atom. The second-order valence-electron chi connectivity index (χ2n) is 6.02. The van der Waals surface area contributed by atoms with Gasteiger partial charge in [-0.25, -0.2) is 4.79 Å². The first-order valence-corrected chi connectivity index (χ1v) is 9.24. The van der Waals surface area contributed by atoms with Crippen molar-refractivity contribution in [1.29, 1.82) is 0 Å². The summed E-state index contributed by atoms with van der Waals surface area (Å²) in [7, 11) is 0. The van der Waals surface area contributed by atoms with Gasteiger partial charge in [-0.15, -0.1) is 11.8 Å². The SMILES string of the molecule is CC(C)Sc1ccccc1NC(=O)NCc1noc(C2CCCO2)n1. The summed E-state index contributed by atoms with van der Waals surface area (Å²) in [5.41, 5.74) is 0.784. The van der Waals surface area contributed by atoms with Crippen molar-refractivity contribution in [2.24, 2.45) is 0 Å². The molecule has 25 heavy (non-hydrogen) atoms. The molecule has 8 heteroatoms. The Bertz CT molecular complexity index is 713. The van der Waals surface area contributed by atoms with Crippen LogP contribution in [0.1, 0.15) is 44.5 Å². The predicted molar refractivity (Wildman–Crippen MR) is 95.5 cm³/mol. The van der Waals surface area contributed by atoms with Gasteiger partial charge < -0.3 is 19.9 Å². The van der Waals surface area contributed by atoms with Crippen molar-refractivity contribution in [2.45, 2.75) is 49.5 Å². The summed E-state index contributed by atoms with van der Waals surface area (Å²) in [6.07, 6.45) is 1.77. The van der Waals surface area contributed by atoms with Crippen LogP contribution < -0.4 is 10.6 Å². The molecule has 134 valence electrons. The number of hydrogen-bond donors (Lipinski definition) is 2. The summed E-state index contributed by atoms with van der Waals surface area (Å²) in [4.78, 5) is 17.5. The van der Waals surface area contributed by atoms with Crippen LogP contribution in [0.15, 0.2) is 33.7 Å². The maximum absolute atomic E-state index is 12.1. The number of nitrogens with one attached hydrogen (secondary N) is 2. The van der Waals surface area contributed by atoms with Gasteiger partial charge in [-0.3, -0.25) is 0 Å². The first-order valence-electron chi connectivity index (χ1n) is 8.36. The highest BCUT2D eigenvalue weighted by atomic mass is 32.2. The van der Waals surface area contributed by atoms with Gasteiger partial charge in [0.15, 0.2) is 5.82 Å². The molecule has 2 amide bonds. The third-order valence-corrected chi connectivity index (χ3v) is 4.68. The normalized spacial score (nSPS) is 17.0. The number of benzene rings is 1. The minimum absolute atomic E-state index is 0.116. The number of carbonyl (C=O) groups excluding carboxylic acids is 1. The van der Waals surface area contributed by atoms with Gasteiger partial charge in [-0.1, -0.05) is 31.1 Å². The molecule has 1 aromatic heterocycles. The van der Waals surface area contributed by atoms with E-state index in [1.54, 1.807) is 11.8 Å². The summed E-state index contributed by atoms with van der Waals surface area (Å²) in [6, 6.07) is 7.43. The van der Waals surface area contributed by atoms with Gasteiger partial charge in [0.05, 0.1) is 12.2 Å². The number of rotatable bonds is 6. The van der Waals surface area contributed by atoms with Gasteiger partial charge in [0.2, 0.25) is 0 Å². The molecule has 7 nitrogen and oxygen atoms in total. The largest absolute Gasteiger partial charge is 0.368 e. The molecule has 2 aromatic rings. The number of aromatic nitrogens is 2. The van der Waals surface area contributed by atoms with Gasteiger partial charge in [-0.2, -0.15) is 4.98 Å². The van der Waals surface area contributed by atoms with Crippen LogP contribution in [-0.2, 0) is 11.3 Å². The van der Waals surface area contributed by atoms with Crippen molar-refractivity contribution in [3.63, 3.8) is 0 Å². The molecule has 1 aliphatic heterocycles. The predicted octanol–water partition coefficient (Wildman–Crippen LogP) is 3.74. The zero-order valence-corrected chi connectivity index (χ0v) is 15.1. The minimum Gasteiger partial charge on any atom is -0.368 e. The molecule has 0 radical (unpaired) electrons. The lowest BCUT2D eigenvalue weighted by Crippen LogP contribution is -2.28. The lowest BCUT2D eigenvalue weighted by molar-refractivity contribution is 0.0835. The van der Waals surface area contributed by atoms with E-state index >= 15 is 0 Å². The number of amides is 2. The molecule has 3 rings (SSSR count). The number of ether oxygens (including phenoxy) is 1. The van der Waals surface area contributed by atoms with E-state index in [4.69, 9.17) is 9.26 Å². The molecule has 1 aromatic carbocycles. The van der Waals surface area contributed by atoms with E-state index in [1.165, 1.54) is 0 Å². The Kier molecular flexibility index (Phi) is 5.93. The quantitative estimate of drug-likeness (QED) is 0.761. The fourth-order valence-electron chi connectivity index (χ4n) is 2.49. The molecule has 0 aliphatic carbocycles. The van der Waals surface area contributed by atoms with Crippen LogP contribution in [0, 0.1) is 0 Å². The van der Waals surface area contributed by atoms with E-state index < -0.39 is 0 Å². The lowest BCUT2D eigenvalue weighted by Gasteiger charge is -2.12. The third-order valence-electron chi connectivity index (χ3n) is 3.59. The fraction of sp³-hybridized carbons (Fsp3) is 0.471. The number of hydrogen-bond acceptors (Lipinski definition) is 6. The third kappa shape index (κ3) is 4.96. The van der Waals surface area contributed by atoms with Crippen LogP contribution in [0.3, 0.4) is 0 Å². The van der Waals surface area contributed by atoms with Crippen LogP contribution in [0.5, 0.6) is 0 Å². The number of carbonyl (C=O) groups is 1. The van der Waals surface area contributed by atoms with Crippen molar-refractivity contribution in [1.82, 2.24) is 15.5 Å². The smallest absolute Gasteiger partial charge is 0.319 e. The van der Waals surface area contributed by atoms with E-state index in [2.05, 4.69) is 34.6 Å². The van der Waals surface area contributed by atoms with E-state index in [1.807, 2.05) is 24.3 Å². The monoisotopic (exact) mass is 362 g/mol. The lowest BCUT2D eigenvalue weighted by atomic mass is 10.2. The van der Waals surface area contributed by atoms with Gasteiger partial charge in [0, 0.05) is 16.8 Å². The van der Waals surface area contributed by atoms with Crippen LogP contribution in [0.4, 0.5) is 10.5 Å². The van der Waals surface area contributed by atoms with Gasteiger partial charge in [-0.05, 0) is 25.0 Å². The van der Waals surface area contributed by atoms with E-state index in [-0.39, 0.29) is 18.7 Å². The van der Waals surface area contributed by atoms with Gasteiger partial charge >= 0.3 is 6.03 Å². The molecular formula is C17H22N4O3S. The Hall–Kier alpha value is -2.06. The summed E-state index contributed by atoms with van der Waals surface area (Å²) >= 11 is 1.70. The summed E-state index contributed by atoms with van der Waals surface area (Å²) in [5.74, 6) is 0.916. The molecule has 2 heterocycles. The minimum atomic E-state index is -0.305. The molecule has 1 atom stereocenters. The molecule has 0 bridgehead atoms. The first kappa shape index (κ1) is 17.8. The molecule has 0 spiro atoms. The number of nitrogens with zero attached hydrogens (tertiary/aromatic N) is 2. The molecule has 1 unspecified atom stereocenters. The maximum atomic E-state index is 12.1. The van der Waals surface area contributed by atoms with Crippen LogP contribution in [0.25, 0.3) is 0 Å². The average molecular weight is 362 g/mol. The van der Waals surface area contributed by atoms with Crippen molar-refractivity contribution in [3.05, 3.63) is 36.0 Å². The zero-order valence-electron chi connectivity index (χ0n) is 14.3. The van der Waals surface area contributed by atoms with Crippen molar-refractivity contribution in [2.75, 3.05) is 11.9 Å². The number of urea groups is 1. The Labute approximate surface area is 150 Å². The highest BCUT2D eigenvalue weighted by Gasteiger charge is 2.23.